The van der Waals surface area contributed by atoms with Gasteiger partial charge in [-0.15, -0.1) is 0 Å². The van der Waals surface area contributed by atoms with Crippen molar-refractivity contribution in [1.82, 2.24) is 4.98 Å². The molecule has 0 saturated heterocycles. The van der Waals surface area contributed by atoms with Gasteiger partial charge in [0.25, 0.3) is 5.91 Å². The SMILES string of the molecule is CCc1cc(Oc2cc(C(N)=O)c(N)cn2)ccc1Cl. The third-order valence-corrected chi connectivity index (χ3v) is 3.16. The second-order valence-electron chi connectivity index (χ2n) is 4.18. The number of pyridine rings is 1. The highest BCUT2D eigenvalue weighted by molar-refractivity contribution is 6.31. The minimum atomic E-state index is -0.625. The molecule has 1 heterocycles. The van der Waals surface area contributed by atoms with E-state index in [0.717, 1.165) is 12.0 Å². The molecule has 0 spiro atoms. The number of carbonyl (C=O) groups excluding carboxylic acids is 1. The van der Waals surface area contributed by atoms with Crippen molar-refractivity contribution in [1.29, 1.82) is 0 Å². The van der Waals surface area contributed by atoms with Crippen LogP contribution in [0, 0.1) is 0 Å². The molecule has 0 aliphatic heterocycles. The number of carbonyl (C=O) groups is 1. The van der Waals surface area contributed by atoms with E-state index >= 15 is 0 Å². The predicted octanol–water partition coefficient (Wildman–Crippen LogP) is 2.77. The number of nitrogens with zero attached hydrogens (tertiary/aromatic N) is 1. The minimum absolute atomic E-state index is 0.180. The maximum atomic E-state index is 11.2. The first-order chi connectivity index (χ1) is 9.51. The molecule has 5 nitrogen and oxygen atoms in total. The number of nitrogen functional groups attached to an aromatic ring is 1. The van der Waals surface area contributed by atoms with Crippen molar-refractivity contribution in [3.63, 3.8) is 0 Å². The lowest BCUT2D eigenvalue weighted by molar-refractivity contribution is 0.100. The Morgan fingerprint density at radius 1 is 1.40 bits per heavy atom. The first-order valence-electron chi connectivity index (χ1n) is 6.03. The Labute approximate surface area is 121 Å². The van der Waals surface area contributed by atoms with Gasteiger partial charge < -0.3 is 16.2 Å². The van der Waals surface area contributed by atoms with Crippen molar-refractivity contribution in [2.45, 2.75) is 13.3 Å². The number of anilines is 1. The van der Waals surface area contributed by atoms with Crippen molar-refractivity contribution in [2.75, 3.05) is 5.73 Å². The Morgan fingerprint density at radius 2 is 2.15 bits per heavy atom. The lowest BCUT2D eigenvalue weighted by Gasteiger charge is -2.09. The Balaban J connectivity index is 2.30. The van der Waals surface area contributed by atoms with Gasteiger partial charge in [0, 0.05) is 11.1 Å². The summed E-state index contributed by atoms with van der Waals surface area (Å²) in [7, 11) is 0. The topological polar surface area (TPSA) is 91.2 Å². The Hall–Kier alpha value is -2.27. The molecule has 0 bridgehead atoms. The Bertz CT molecular complexity index is 659. The van der Waals surface area contributed by atoms with Crippen LogP contribution in [0.1, 0.15) is 22.8 Å². The maximum absolute atomic E-state index is 11.2. The molecule has 104 valence electrons. The molecule has 0 fully saturated rings. The molecule has 4 N–H and O–H groups in total. The van der Waals surface area contributed by atoms with Crippen LogP contribution < -0.4 is 16.2 Å². The zero-order valence-corrected chi connectivity index (χ0v) is 11.6. The molecule has 6 heteroatoms. The third-order valence-electron chi connectivity index (χ3n) is 2.80. The molecular formula is C14H14ClN3O2. The van der Waals surface area contributed by atoms with Gasteiger partial charge >= 0.3 is 0 Å². The number of benzene rings is 1. The van der Waals surface area contributed by atoms with E-state index < -0.39 is 5.91 Å². The van der Waals surface area contributed by atoms with Gasteiger partial charge in [0.05, 0.1) is 17.4 Å². The van der Waals surface area contributed by atoms with E-state index in [4.69, 9.17) is 27.8 Å². The van der Waals surface area contributed by atoms with Crippen LogP contribution >= 0.6 is 11.6 Å². The van der Waals surface area contributed by atoms with E-state index in [-0.39, 0.29) is 17.1 Å². The fourth-order valence-electron chi connectivity index (χ4n) is 1.72. The number of rotatable bonds is 4. The van der Waals surface area contributed by atoms with Crippen LogP contribution in [-0.2, 0) is 6.42 Å². The molecule has 0 saturated carbocycles. The van der Waals surface area contributed by atoms with Crippen molar-refractivity contribution < 1.29 is 9.53 Å². The van der Waals surface area contributed by atoms with Crippen LogP contribution in [0.5, 0.6) is 11.6 Å². The molecule has 2 rings (SSSR count). The van der Waals surface area contributed by atoms with Gasteiger partial charge in [0.1, 0.15) is 5.75 Å². The Kier molecular flexibility index (Phi) is 4.10. The maximum Gasteiger partial charge on any atom is 0.251 e. The molecule has 1 aromatic heterocycles. The van der Waals surface area contributed by atoms with Crippen molar-refractivity contribution >= 4 is 23.2 Å². The van der Waals surface area contributed by atoms with Gasteiger partial charge in [0.2, 0.25) is 5.88 Å². The van der Waals surface area contributed by atoms with E-state index in [2.05, 4.69) is 4.98 Å². The molecule has 2 aromatic rings. The zero-order chi connectivity index (χ0) is 14.7. The number of primary amides is 1. The summed E-state index contributed by atoms with van der Waals surface area (Å²) in [5.74, 6) is 0.205. The average Bonchev–Trinajstić information content (AvgIpc) is 2.42. The van der Waals surface area contributed by atoms with Crippen molar-refractivity contribution in [2.24, 2.45) is 5.73 Å². The lowest BCUT2D eigenvalue weighted by Crippen LogP contribution is -2.13. The summed E-state index contributed by atoms with van der Waals surface area (Å²) in [6.45, 7) is 2.00. The van der Waals surface area contributed by atoms with E-state index in [1.54, 1.807) is 12.1 Å². The Morgan fingerprint density at radius 3 is 2.80 bits per heavy atom. The number of ether oxygens (including phenoxy) is 1. The van der Waals surface area contributed by atoms with Gasteiger partial charge in [-0.05, 0) is 30.2 Å². The number of aryl methyl sites for hydroxylation is 1. The molecule has 0 aliphatic rings. The summed E-state index contributed by atoms with van der Waals surface area (Å²) < 4.78 is 5.59. The summed E-state index contributed by atoms with van der Waals surface area (Å²) in [5, 5.41) is 0.683. The number of hydrogen-bond acceptors (Lipinski definition) is 4. The number of halogens is 1. The summed E-state index contributed by atoms with van der Waals surface area (Å²) in [5.41, 5.74) is 12.2. The highest BCUT2D eigenvalue weighted by atomic mass is 35.5. The summed E-state index contributed by atoms with van der Waals surface area (Å²) >= 11 is 6.04. The third kappa shape index (κ3) is 3.00. The summed E-state index contributed by atoms with van der Waals surface area (Å²) in [6.07, 6.45) is 2.13. The summed E-state index contributed by atoms with van der Waals surface area (Å²) in [4.78, 5) is 15.2. The standard InChI is InChI=1S/C14H14ClN3O2/c1-2-8-5-9(3-4-11(8)15)20-13-6-10(14(17)19)12(16)7-18-13/h3-7H,2,16H2,1H3,(H2,17,19). The average molecular weight is 292 g/mol. The second kappa shape index (κ2) is 5.79. The van der Waals surface area contributed by atoms with Gasteiger partial charge in [-0.3, -0.25) is 4.79 Å². The monoisotopic (exact) mass is 291 g/mol. The molecular weight excluding hydrogens is 278 g/mol. The van der Waals surface area contributed by atoms with Crippen LogP contribution in [0.2, 0.25) is 5.02 Å². The first-order valence-corrected chi connectivity index (χ1v) is 6.40. The molecule has 0 aliphatic carbocycles. The number of nitrogens with two attached hydrogens (primary N) is 2. The lowest BCUT2D eigenvalue weighted by atomic mass is 10.1. The zero-order valence-electron chi connectivity index (χ0n) is 10.9. The summed E-state index contributed by atoms with van der Waals surface area (Å²) in [6, 6.07) is 6.72. The highest BCUT2D eigenvalue weighted by Crippen LogP contribution is 2.27. The fraction of sp³-hybridized carbons (Fsp3) is 0.143. The van der Waals surface area contributed by atoms with E-state index in [1.165, 1.54) is 12.3 Å². The van der Waals surface area contributed by atoms with Gasteiger partial charge in [0.15, 0.2) is 0 Å². The highest BCUT2D eigenvalue weighted by Gasteiger charge is 2.10. The molecule has 0 radical (unpaired) electrons. The largest absolute Gasteiger partial charge is 0.439 e. The van der Waals surface area contributed by atoms with Gasteiger partial charge in [-0.1, -0.05) is 18.5 Å². The number of hydrogen-bond donors (Lipinski definition) is 2. The molecule has 1 amide bonds. The fourth-order valence-corrected chi connectivity index (χ4v) is 1.97. The smallest absolute Gasteiger partial charge is 0.251 e. The van der Waals surface area contributed by atoms with Crippen LogP contribution in [0.15, 0.2) is 30.5 Å². The van der Waals surface area contributed by atoms with E-state index in [1.807, 2.05) is 13.0 Å². The van der Waals surface area contributed by atoms with Crippen molar-refractivity contribution in [3.8, 4) is 11.6 Å². The number of aromatic nitrogens is 1. The van der Waals surface area contributed by atoms with Gasteiger partial charge in [-0.25, -0.2) is 4.98 Å². The number of amides is 1. The molecule has 0 atom stereocenters. The van der Waals surface area contributed by atoms with Crippen LogP contribution in [0.3, 0.4) is 0 Å². The molecule has 1 aromatic carbocycles. The van der Waals surface area contributed by atoms with Crippen LogP contribution in [0.25, 0.3) is 0 Å². The van der Waals surface area contributed by atoms with Gasteiger partial charge in [-0.2, -0.15) is 0 Å². The normalized spacial score (nSPS) is 10.3. The quantitative estimate of drug-likeness (QED) is 0.906. The predicted molar refractivity (Wildman–Crippen MR) is 78.1 cm³/mol. The minimum Gasteiger partial charge on any atom is -0.439 e. The van der Waals surface area contributed by atoms with Crippen LogP contribution in [0.4, 0.5) is 5.69 Å². The molecule has 0 unspecified atom stereocenters. The second-order valence-corrected chi connectivity index (χ2v) is 4.59. The van der Waals surface area contributed by atoms with Crippen molar-refractivity contribution in [3.05, 3.63) is 46.6 Å². The molecule has 20 heavy (non-hydrogen) atoms. The van der Waals surface area contributed by atoms with E-state index in [0.29, 0.717) is 10.8 Å². The van der Waals surface area contributed by atoms with E-state index in [9.17, 15) is 4.79 Å². The first kappa shape index (κ1) is 14.1. The van der Waals surface area contributed by atoms with Crippen LogP contribution in [-0.4, -0.2) is 10.9 Å².